The van der Waals surface area contributed by atoms with Gasteiger partial charge in [0, 0.05) is 12.5 Å². The number of fused-ring (bicyclic) bond motifs is 1. The first-order chi connectivity index (χ1) is 9.10. The van der Waals surface area contributed by atoms with E-state index >= 15 is 0 Å². The van der Waals surface area contributed by atoms with Gasteiger partial charge in [-0.15, -0.1) is 6.58 Å². The maximum atomic E-state index is 11.6. The average molecular weight is 257 g/mol. The van der Waals surface area contributed by atoms with E-state index in [1.165, 1.54) is 0 Å². The summed E-state index contributed by atoms with van der Waals surface area (Å²) in [7, 11) is 0. The van der Waals surface area contributed by atoms with E-state index in [0.717, 1.165) is 22.4 Å². The quantitative estimate of drug-likeness (QED) is 0.809. The standard InChI is InChI=1S/C15H19N3O/c1-4-7-16-14(19)9-11-5-6-12-13(8-11)18-15(17-12)10(2)3/h4-6,8,10H,1,7,9H2,2-3H3,(H,16,19)(H,17,18). The largest absolute Gasteiger partial charge is 0.352 e. The van der Waals surface area contributed by atoms with E-state index in [1.54, 1.807) is 6.08 Å². The number of rotatable bonds is 5. The van der Waals surface area contributed by atoms with E-state index in [0.29, 0.717) is 18.9 Å². The van der Waals surface area contributed by atoms with Crippen LogP contribution in [0.4, 0.5) is 0 Å². The first-order valence-electron chi connectivity index (χ1n) is 6.46. The van der Waals surface area contributed by atoms with Crippen molar-refractivity contribution in [1.29, 1.82) is 0 Å². The number of imidazole rings is 1. The Bertz CT molecular complexity index is 598. The second-order valence-electron chi connectivity index (χ2n) is 4.90. The van der Waals surface area contributed by atoms with Crippen molar-refractivity contribution in [3.8, 4) is 0 Å². The van der Waals surface area contributed by atoms with Crippen molar-refractivity contribution in [2.24, 2.45) is 0 Å². The van der Waals surface area contributed by atoms with Crippen molar-refractivity contribution in [1.82, 2.24) is 15.3 Å². The zero-order chi connectivity index (χ0) is 13.8. The Balaban J connectivity index is 2.16. The van der Waals surface area contributed by atoms with Crippen LogP contribution in [0.2, 0.25) is 0 Å². The fraction of sp³-hybridized carbons (Fsp3) is 0.333. The monoisotopic (exact) mass is 257 g/mol. The van der Waals surface area contributed by atoms with Crippen LogP contribution in [-0.4, -0.2) is 22.4 Å². The van der Waals surface area contributed by atoms with E-state index in [4.69, 9.17) is 0 Å². The van der Waals surface area contributed by atoms with Gasteiger partial charge in [-0.3, -0.25) is 4.79 Å². The van der Waals surface area contributed by atoms with Gasteiger partial charge in [0.1, 0.15) is 5.82 Å². The molecule has 0 saturated carbocycles. The Morgan fingerprint density at radius 1 is 1.53 bits per heavy atom. The Hall–Kier alpha value is -2.10. The second-order valence-corrected chi connectivity index (χ2v) is 4.90. The van der Waals surface area contributed by atoms with Gasteiger partial charge in [-0.25, -0.2) is 4.98 Å². The highest BCUT2D eigenvalue weighted by Gasteiger charge is 2.08. The Labute approximate surface area is 112 Å². The number of aromatic amines is 1. The number of H-pyrrole nitrogens is 1. The number of hydrogen-bond donors (Lipinski definition) is 2. The lowest BCUT2D eigenvalue weighted by molar-refractivity contribution is -0.120. The normalized spacial score (nSPS) is 10.9. The summed E-state index contributed by atoms with van der Waals surface area (Å²) >= 11 is 0. The molecule has 2 aromatic rings. The Kier molecular flexibility index (Phi) is 4.00. The number of amides is 1. The third-order valence-electron chi connectivity index (χ3n) is 2.92. The molecule has 4 nitrogen and oxygen atoms in total. The Morgan fingerprint density at radius 2 is 2.32 bits per heavy atom. The molecule has 19 heavy (non-hydrogen) atoms. The molecule has 2 N–H and O–H groups in total. The van der Waals surface area contributed by atoms with E-state index in [9.17, 15) is 4.79 Å². The topological polar surface area (TPSA) is 57.8 Å². The van der Waals surface area contributed by atoms with Crippen molar-refractivity contribution in [2.45, 2.75) is 26.2 Å². The molecule has 2 rings (SSSR count). The first-order valence-corrected chi connectivity index (χ1v) is 6.46. The van der Waals surface area contributed by atoms with E-state index in [2.05, 4.69) is 35.7 Å². The Morgan fingerprint density at radius 3 is 3.00 bits per heavy atom. The summed E-state index contributed by atoms with van der Waals surface area (Å²) in [5.41, 5.74) is 2.91. The molecular formula is C15H19N3O. The summed E-state index contributed by atoms with van der Waals surface area (Å²) in [6.45, 7) is 8.27. The summed E-state index contributed by atoms with van der Waals surface area (Å²) in [6, 6.07) is 5.89. The van der Waals surface area contributed by atoms with Gasteiger partial charge < -0.3 is 10.3 Å². The molecule has 0 aliphatic rings. The van der Waals surface area contributed by atoms with Crippen LogP contribution in [0.3, 0.4) is 0 Å². The van der Waals surface area contributed by atoms with E-state index in [1.807, 2.05) is 18.2 Å². The predicted molar refractivity (Wildman–Crippen MR) is 77.1 cm³/mol. The lowest BCUT2D eigenvalue weighted by Gasteiger charge is -2.02. The van der Waals surface area contributed by atoms with Gasteiger partial charge >= 0.3 is 0 Å². The minimum Gasteiger partial charge on any atom is -0.352 e. The number of carbonyl (C=O) groups is 1. The van der Waals surface area contributed by atoms with Gasteiger partial charge in [-0.05, 0) is 17.7 Å². The van der Waals surface area contributed by atoms with Gasteiger partial charge in [-0.2, -0.15) is 0 Å². The molecule has 0 fully saturated rings. The molecule has 0 aliphatic carbocycles. The second kappa shape index (κ2) is 5.69. The van der Waals surface area contributed by atoms with Crippen LogP contribution in [0.5, 0.6) is 0 Å². The van der Waals surface area contributed by atoms with Crippen LogP contribution < -0.4 is 5.32 Å². The number of aromatic nitrogens is 2. The zero-order valence-electron chi connectivity index (χ0n) is 11.4. The highest BCUT2D eigenvalue weighted by molar-refractivity contribution is 5.81. The fourth-order valence-corrected chi connectivity index (χ4v) is 1.89. The summed E-state index contributed by atoms with van der Waals surface area (Å²) in [5, 5.41) is 2.77. The van der Waals surface area contributed by atoms with Crippen LogP contribution in [0.25, 0.3) is 11.0 Å². The minimum atomic E-state index is 0.00264. The van der Waals surface area contributed by atoms with Gasteiger partial charge in [0.25, 0.3) is 0 Å². The molecule has 1 heterocycles. The molecule has 0 radical (unpaired) electrons. The van der Waals surface area contributed by atoms with Gasteiger partial charge in [0.05, 0.1) is 17.5 Å². The smallest absolute Gasteiger partial charge is 0.224 e. The SMILES string of the molecule is C=CCNC(=O)Cc1ccc2nc(C(C)C)[nH]c2c1. The van der Waals surface area contributed by atoms with E-state index in [-0.39, 0.29) is 5.91 Å². The van der Waals surface area contributed by atoms with Crippen LogP contribution in [0.1, 0.15) is 31.2 Å². The van der Waals surface area contributed by atoms with Crippen LogP contribution in [0, 0.1) is 0 Å². The molecule has 1 aromatic heterocycles. The number of carbonyl (C=O) groups excluding carboxylic acids is 1. The molecule has 4 heteroatoms. The maximum Gasteiger partial charge on any atom is 0.224 e. The van der Waals surface area contributed by atoms with Crippen molar-refractivity contribution in [2.75, 3.05) is 6.54 Å². The fourth-order valence-electron chi connectivity index (χ4n) is 1.89. The summed E-state index contributed by atoms with van der Waals surface area (Å²) in [4.78, 5) is 19.4. The number of nitrogens with one attached hydrogen (secondary N) is 2. The van der Waals surface area contributed by atoms with Crippen molar-refractivity contribution >= 4 is 16.9 Å². The van der Waals surface area contributed by atoms with Crippen molar-refractivity contribution < 1.29 is 4.79 Å². The zero-order valence-corrected chi connectivity index (χ0v) is 11.4. The highest BCUT2D eigenvalue weighted by Crippen LogP contribution is 2.18. The molecule has 1 amide bonds. The van der Waals surface area contributed by atoms with Gasteiger partial charge in [0.2, 0.25) is 5.91 Å². The maximum absolute atomic E-state index is 11.6. The molecule has 0 aliphatic heterocycles. The van der Waals surface area contributed by atoms with Crippen LogP contribution in [-0.2, 0) is 11.2 Å². The molecule has 0 unspecified atom stereocenters. The van der Waals surface area contributed by atoms with Crippen molar-refractivity contribution in [3.63, 3.8) is 0 Å². The average Bonchev–Trinajstić information content (AvgIpc) is 2.79. The number of nitrogens with zero attached hydrogens (tertiary/aromatic N) is 1. The molecule has 0 atom stereocenters. The van der Waals surface area contributed by atoms with Crippen molar-refractivity contribution in [3.05, 3.63) is 42.2 Å². The molecule has 0 bridgehead atoms. The van der Waals surface area contributed by atoms with E-state index < -0.39 is 0 Å². The molecular weight excluding hydrogens is 238 g/mol. The molecule has 0 saturated heterocycles. The number of benzene rings is 1. The summed E-state index contributed by atoms with van der Waals surface area (Å²) in [6.07, 6.45) is 2.05. The lowest BCUT2D eigenvalue weighted by Crippen LogP contribution is -2.24. The third-order valence-corrected chi connectivity index (χ3v) is 2.92. The molecule has 1 aromatic carbocycles. The molecule has 0 spiro atoms. The molecule has 100 valence electrons. The highest BCUT2D eigenvalue weighted by atomic mass is 16.1. The number of hydrogen-bond acceptors (Lipinski definition) is 2. The van der Waals surface area contributed by atoms with Crippen LogP contribution >= 0.6 is 0 Å². The van der Waals surface area contributed by atoms with Gasteiger partial charge in [-0.1, -0.05) is 26.0 Å². The first kappa shape index (κ1) is 13.3. The predicted octanol–water partition coefficient (Wildman–Crippen LogP) is 2.53. The van der Waals surface area contributed by atoms with Crippen LogP contribution in [0.15, 0.2) is 30.9 Å². The van der Waals surface area contributed by atoms with Gasteiger partial charge in [0.15, 0.2) is 0 Å². The summed E-state index contributed by atoms with van der Waals surface area (Å²) in [5.74, 6) is 1.35. The third kappa shape index (κ3) is 3.22. The summed E-state index contributed by atoms with van der Waals surface area (Å²) < 4.78 is 0. The lowest BCUT2D eigenvalue weighted by atomic mass is 10.1. The minimum absolute atomic E-state index is 0.00264.